The van der Waals surface area contributed by atoms with Gasteiger partial charge in [-0.25, -0.2) is 0 Å². The monoisotopic (exact) mass is 304 g/mol. The maximum Gasteiger partial charge on any atom is 0.224 e. The van der Waals surface area contributed by atoms with Crippen LogP contribution < -0.4 is 5.32 Å². The first kappa shape index (κ1) is 17.0. The summed E-state index contributed by atoms with van der Waals surface area (Å²) in [7, 11) is 0. The number of hydrogen-bond donors (Lipinski definition) is 2. The first-order valence-electron chi connectivity index (χ1n) is 8.26. The summed E-state index contributed by atoms with van der Waals surface area (Å²) in [5.74, 6) is 0.202. The summed E-state index contributed by atoms with van der Waals surface area (Å²) in [6.07, 6.45) is 1.47. The smallest absolute Gasteiger partial charge is 0.224 e. The zero-order valence-electron chi connectivity index (χ0n) is 13.9. The van der Waals surface area contributed by atoms with Crippen LogP contribution in [0.4, 0.5) is 0 Å². The van der Waals surface area contributed by atoms with Crippen molar-refractivity contribution >= 4 is 5.91 Å². The number of nitrogens with zero attached hydrogens (tertiary/aromatic N) is 1. The molecule has 0 aromatic heterocycles. The van der Waals surface area contributed by atoms with Crippen LogP contribution in [0, 0.1) is 19.8 Å². The predicted molar refractivity (Wildman–Crippen MR) is 88.7 cm³/mol. The SMILES string of the molecule is CCNC(=O)C1CCCN(CC(O)c2cc(C)cc(C)c2)C1. The summed E-state index contributed by atoms with van der Waals surface area (Å²) in [6.45, 7) is 9.03. The molecule has 1 aromatic carbocycles. The Balaban J connectivity index is 1.96. The van der Waals surface area contributed by atoms with Gasteiger partial charge in [0.25, 0.3) is 0 Å². The average molecular weight is 304 g/mol. The highest BCUT2D eigenvalue weighted by Gasteiger charge is 2.26. The lowest BCUT2D eigenvalue weighted by atomic mass is 9.96. The molecule has 1 saturated heterocycles. The molecule has 2 rings (SSSR count). The minimum atomic E-state index is -0.494. The van der Waals surface area contributed by atoms with E-state index < -0.39 is 6.10 Å². The van der Waals surface area contributed by atoms with Gasteiger partial charge in [-0.1, -0.05) is 29.3 Å². The van der Waals surface area contributed by atoms with E-state index in [4.69, 9.17) is 0 Å². The van der Waals surface area contributed by atoms with Gasteiger partial charge in [0, 0.05) is 19.6 Å². The highest BCUT2D eigenvalue weighted by atomic mass is 16.3. The van der Waals surface area contributed by atoms with Gasteiger partial charge in [-0.15, -0.1) is 0 Å². The molecule has 2 N–H and O–H groups in total. The largest absolute Gasteiger partial charge is 0.387 e. The third-order valence-electron chi connectivity index (χ3n) is 4.29. The van der Waals surface area contributed by atoms with Crippen molar-refractivity contribution in [2.24, 2.45) is 5.92 Å². The minimum absolute atomic E-state index is 0.0557. The van der Waals surface area contributed by atoms with Crippen molar-refractivity contribution in [3.63, 3.8) is 0 Å². The van der Waals surface area contributed by atoms with Crippen molar-refractivity contribution in [3.05, 3.63) is 34.9 Å². The van der Waals surface area contributed by atoms with Gasteiger partial charge < -0.3 is 10.4 Å². The number of aliphatic hydroxyl groups is 1. The highest BCUT2D eigenvalue weighted by Crippen LogP contribution is 2.22. The van der Waals surface area contributed by atoms with Crippen LogP contribution in [-0.4, -0.2) is 42.1 Å². The van der Waals surface area contributed by atoms with Crippen LogP contribution >= 0.6 is 0 Å². The number of carbonyl (C=O) groups excluding carboxylic acids is 1. The molecule has 1 aliphatic rings. The van der Waals surface area contributed by atoms with Crippen LogP contribution in [-0.2, 0) is 4.79 Å². The van der Waals surface area contributed by atoms with Crippen molar-refractivity contribution < 1.29 is 9.90 Å². The van der Waals surface area contributed by atoms with Crippen molar-refractivity contribution in [3.8, 4) is 0 Å². The summed E-state index contributed by atoms with van der Waals surface area (Å²) in [6, 6.07) is 6.20. The summed E-state index contributed by atoms with van der Waals surface area (Å²) >= 11 is 0. The van der Waals surface area contributed by atoms with E-state index >= 15 is 0 Å². The first-order valence-corrected chi connectivity index (χ1v) is 8.26. The number of amides is 1. The Bertz CT molecular complexity index is 496. The number of hydrogen-bond acceptors (Lipinski definition) is 3. The summed E-state index contributed by atoms with van der Waals surface area (Å²) < 4.78 is 0. The highest BCUT2D eigenvalue weighted by molar-refractivity contribution is 5.78. The molecule has 0 radical (unpaired) electrons. The number of β-amino-alcohol motifs (C(OH)–C–C–N with tert-alkyl or cyclic N) is 1. The van der Waals surface area contributed by atoms with Gasteiger partial charge in [0.05, 0.1) is 12.0 Å². The average Bonchev–Trinajstić information content (AvgIpc) is 2.46. The molecule has 0 bridgehead atoms. The fourth-order valence-electron chi connectivity index (χ4n) is 3.31. The Hall–Kier alpha value is -1.39. The molecule has 0 saturated carbocycles. The first-order chi connectivity index (χ1) is 10.5. The van der Waals surface area contributed by atoms with Gasteiger partial charge >= 0.3 is 0 Å². The molecule has 2 atom stereocenters. The Labute approximate surface area is 133 Å². The van der Waals surface area contributed by atoms with E-state index in [1.165, 1.54) is 11.1 Å². The molecule has 122 valence electrons. The lowest BCUT2D eigenvalue weighted by Crippen LogP contribution is -2.44. The molecule has 4 nitrogen and oxygen atoms in total. The van der Waals surface area contributed by atoms with E-state index in [1.54, 1.807) is 0 Å². The number of aliphatic hydroxyl groups excluding tert-OH is 1. The van der Waals surface area contributed by atoms with Crippen LogP contribution in [0.15, 0.2) is 18.2 Å². The van der Waals surface area contributed by atoms with Crippen LogP contribution in [0.3, 0.4) is 0 Å². The number of carbonyl (C=O) groups is 1. The standard InChI is InChI=1S/C18H28N2O2/c1-4-19-18(22)15-6-5-7-20(11-15)12-17(21)16-9-13(2)8-14(3)10-16/h8-10,15,17,21H,4-7,11-12H2,1-3H3,(H,19,22). The molecule has 1 aromatic rings. The molecule has 0 aliphatic carbocycles. The number of likely N-dealkylation sites (tertiary alicyclic amines) is 1. The molecule has 1 aliphatic heterocycles. The van der Waals surface area contributed by atoms with Crippen molar-refractivity contribution in [1.29, 1.82) is 0 Å². The fraction of sp³-hybridized carbons (Fsp3) is 0.611. The van der Waals surface area contributed by atoms with Crippen LogP contribution in [0.5, 0.6) is 0 Å². The van der Waals surface area contributed by atoms with E-state index in [9.17, 15) is 9.90 Å². The number of nitrogens with one attached hydrogen (secondary N) is 1. The van der Waals surface area contributed by atoms with Crippen LogP contribution in [0.2, 0.25) is 0 Å². The molecule has 1 heterocycles. The van der Waals surface area contributed by atoms with Crippen LogP contribution in [0.1, 0.15) is 42.6 Å². The molecular formula is C18H28N2O2. The topological polar surface area (TPSA) is 52.6 Å². The van der Waals surface area contributed by atoms with Gasteiger partial charge in [-0.2, -0.15) is 0 Å². The second-order valence-corrected chi connectivity index (χ2v) is 6.43. The van der Waals surface area contributed by atoms with Gasteiger partial charge in [0.2, 0.25) is 5.91 Å². The second-order valence-electron chi connectivity index (χ2n) is 6.43. The van der Waals surface area contributed by atoms with E-state index in [1.807, 2.05) is 19.1 Å². The van der Waals surface area contributed by atoms with Gasteiger partial charge in [0.1, 0.15) is 0 Å². The molecular weight excluding hydrogens is 276 g/mol. The Morgan fingerprint density at radius 2 is 2.05 bits per heavy atom. The zero-order valence-corrected chi connectivity index (χ0v) is 13.9. The quantitative estimate of drug-likeness (QED) is 0.877. The van der Waals surface area contributed by atoms with Gasteiger partial charge in [-0.3, -0.25) is 9.69 Å². The third-order valence-corrected chi connectivity index (χ3v) is 4.29. The van der Waals surface area contributed by atoms with E-state index in [0.29, 0.717) is 13.1 Å². The second kappa shape index (κ2) is 7.75. The predicted octanol–water partition coefficient (Wildman–Crippen LogP) is 2.18. The summed E-state index contributed by atoms with van der Waals surface area (Å²) in [5, 5.41) is 13.4. The molecule has 4 heteroatoms. The van der Waals surface area contributed by atoms with E-state index in [0.717, 1.165) is 31.5 Å². The fourth-order valence-corrected chi connectivity index (χ4v) is 3.31. The molecule has 2 unspecified atom stereocenters. The maximum absolute atomic E-state index is 12.0. The molecule has 0 spiro atoms. The molecule has 22 heavy (non-hydrogen) atoms. The lowest BCUT2D eigenvalue weighted by molar-refractivity contribution is -0.126. The third kappa shape index (κ3) is 4.55. The van der Waals surface area contributed by atoms with Crippen molar-refractivity contribution in [2.45, 2.75) is 39.7 Å². The molecule has 1 fully saturated rings. The number of benzene rings is 1. The Kier molecular flexibility index (Phi) is 5.98. The van der Waals surface area contributed by atoms with Gasteiger partial charge in [-0.05, 0) is 45.7 Å². The van der Waals surface area contributed by atoms with Crippen LogP contribution in [0.25, 0.3) is 0 Å². The minimum Gasteiger partial charge on any atom is -0.387 e. The lowest BCUT2D eigenvalue weighted by Gasteiger charge is -2.33. The normalized spacial score (nSPS) is 20.6. The van der Waals surface area contributed by atoms with Gasteiger partial charge in [0.15, 0.2) is 0 Å². The van der Waals surface area contributed by atoms with Crippen molar-refractivity contribution in [2.75, 3.05) is 26.2 Å². The number of piperidine rings is 1. The zero-order chi connectivity index (χ0) is 16.1. The number of aryl methyl sites for hydroxylation is 2. The van der Waals surface area contributed by atoms with E-state index in [2.05, 4.69) is 30.1 Å². The summed E-state index contributed by atoms with van der Waals surface area (Å²) in [4.78, 5) is 14.2. The summed E-state index contributed by atoms with van der Waals surface area (Å²) in [5.41, 5.74) is 3.32. The van der Waals surface area contributed by atoms with Crippen molar-refractivity contribution in [1.82, 2.24) is 10.2 Å². The maximum atomic E-state index is 12.0. The Morgan fingerprint density at radius 3 is 2.68 bits per heavy atom. The molecule has 1 amide bonds. The van der Waals surface area contributed by atoms with E-state index in [-0.39, 0.29) is 11.8 Å². The number of rotatable bonds is 5. The Morgan fingerprint density at radius 1 is 1.36 bits per heavy atom.